The van der Waals surface area contributed by atoms with Gasteiger partial charge in [-0.25, -0.2) is 0 Å². The summed E-state index contributed by atoms with van der Waals surface area (Å²) in [4.78, 5) is 0. The van der Waals surface area contributed by atoms with Crippen LogP contribution in [0.3, 0.4) is 0 Å². The summed E-state index contributed by atoms with van der Waals surface area (Å²) in [5.41, 5.74) is 17.6. The molecule has 0 N–H and O–H groups in total. The van der Waals surface area contributed by atoms with Crippen LogP contribution in [0, 0.1) is 22.7 Å². The van der Waals surface area contributed by atoms with Gasteiger partial charge in [0.15, 0.2) is 0 Å². The lowest BCUT2D eigenvalue weighted by molar-refractivity contribution is 0.462. The summed E-state index contributed by atoms with van der Waals surface area (Å²) in [7, 11) is 0. The van der Waals surface area contributed by atoms with E-state index < -0.39 is 5.54 Å². The topological polar surface area (TPSA) is 62.4 Å². The lowest BCUT2D eigenvalue weighted by Gasteiger charge is -2.37. The third-order valence-corrected chi connectivity index (χ3v) is 17.1. The lowest BCUT2D eigenvalue weighted by Crippen LogP contribution is -2.31. The highest BCUT2D eigenvalue weighted by Crippen LogP contribution is 2.53. The SMILES string of the molecule is CC(C)(C)c1ccc2c(c1)c1cc(C(C)(C)C)ccc1n2-c1c(-c2ccccc2C#N)cc(-c2ccccc2C#N)c(-n2c3ccc(C(C)(C)C)cc3c3cc(C(C)(C)C)ccc32)c1C(C)(C)n1c2ccccc2c2ccccc21. The summed E-state index contributed by atoms with van der Waals surface area (Å²) in [5.74, 6) is 0. The maximum Gasteiger partial charge on any atom is 0.0998 e. The monoisotopic (exact) mass is 1040 g/mol. The lowest BCUT2D eigenvalue weighted by atomic mass is 9.81. The molecule has 0 fully saturated rings. The van der Waals surface area contributed by atoms with Crippen molar-refractivity contribution in [3.8, 4) is 45.8 Å². The Labute approximate surface area is 472 Å². The van der Waals surface area contributed by atoms with Gasteiger partial charge in [0, 0.05) is 71.2 Å². The highest BCUT2D eigenvalue weighted by molar-refractivity contribution is 6.14. The molecule has 0 saturated carbocycles. The van der Waals surface area contributed by atoms with Crippen LogP contribution in [0.2, 0.25) is 0 Å². The molecule has 5 nitrogen and oxygen atoms in total. The van der Waals surface area contributed by atoms with Crippen LogP contribution in [0.4, 0.5) is 0 Å². The minimum atomic E-state index is -0.902. The Bertz CT molecular complexity index is 4190. The summed E-state index contributed by atoms with van der Waals surface area (Å²) >= 11 is 0. The second-order valence-corrected chi connectivity index (χ2v) is 26.9. The fourth-order valence-electron chi connectivity index (χ4n) is 12.8. The molecule has 0 bridgehead atoms. The van der Waals surface area contributed by atoms with Gasteiger partial charge in [-0.2, -0.15) is 10.5 Å². The van der Waals surface area contributed by atoms with Crippen LogP contribution in [-0.2, 0) is 27.2 Å². The molecule has 0 radical (unpaired) electrons. The van der Waals surface area contributed by atoms with Crippen LogP contribution in [0.1, 0.15) is 136 Å². The standard InChI is InChI=1S/C75H71N5/c1-71(2,3)48-31-35-62-56(39-48)57-40-49(72(4,5)6)32-36-63(57)78(62)69-60(52-25-17-15-23-46(52)44-76)43-61(53-26-18-16-24-47(53)45-77)70(68(69)75(13,14)80-66-29-21-19-27-54(66)55-28-20-22-30-67(55)80)79-64-37-33-50(73(7,8)9)41-58(64)59-42-51(74(10,11)12)34-38-65(59)79/h15-43H,1-14H3. The number of hydrogen-bond donors (Lipinski definition) is 0. The molecule has 12 aromatic rings. The van der Waals surface area contributed by atoms with Crippen molar-refractivity contribution in [1.29, 1.82) is 10.5 Å². The predicted octanol–water partition coefficient (Wildman–Crippen LogP) is 20.0. The number of rotatable bonds is 6. The second-order valence-electron chi connectivity index (χ2n) is 26.9. The Balaban J connectivity index is 1.43. The van der Waals surface area contributed by atoms with Gasteiger partial charge in [-0.1, -0.05) is 180 Å². The van der Waals surface area contributed by atoms with Crippen LogP contribution >= 0.6 is 0 Å². The number of aromatic nitrogens is 3. The van der Waals surface area contributed by atoms with E-state index in [-0.39, 0.29) is 21.7 Å². The van der Waals surface area contributed by atoms with Crippen LogP contribution in [0.5, 0.6) is 0 Å². The van der Waals surface area contributed by atoms with Gasteiger partial charge in [0.25, 0.3) is 0 Å². The van der Waals surface area contributed by atoms with Crippen LogP contribution in [0.15, 0.2) is 176 Å². The molecule has 9 aromatic carbocycles. The van der Waals surface area contributed by atoms with Crippen molar-refractivity contribution in [2.45, 2.75) is 124 Å². The molecule has 0 spiro atoms. The van der Waals surface area contributed by atoms with Crippen molar-refractivity contribution in [2.24, 2.45) is 0 Å². The summed E-state index contributed by atoms with van der Waals surface area (Å²) in [6.07, 6.45) is 0. The molecule has 0 aliphatic heterocycles. The predicted molar refractivity (Wildman–Crippen MR) is 338 cm³/mol. The van der Waals surface area contributed by atoms with Crippen molar-refractivity contribution in [3.05, 3.63) is 215 Å². The van der Waals surface area contributed by atoms with E-state index >= 15 is 0 Å². The maximum atomic E-state index is 11.3. The average Bonchev–Trinajstić information content (AvgIpc) is 4.27. The minimum Gasteiger partial charge on any atom is -0.330 e. The van der Waals surface area contributed by atoms with E-state index in [1.807, 2.05) is 24.3 Å². The van der Waals surface area contributed by atoms with Crippen molar-refractivity contribution in [2.75, 3.05) is 0 Å². The van der Waals surface area contributed by atoms with Crippen molar-refractivity contribution in [1.82, 2.24) is 13.7 Å². The number of hydrogen-bond acceptors (Lipinski definition) is 2. The molecule has 12 rings (SSSR count). The first-order chi connectivity index (χ1) is 37.9. The van der Waals surface area contributed by atoms with E-state index in [0.717, 1.165) is 72.3 Å². The van der Waals surface area contributed by atoms with Crippen LogP contribution in [-0.4, -0.2) is 13.7 Å². The fourth-order valence-corrected chi connectivity index (χ4v) is 12.8. The molecule has 0 atom stereocenters. The maximum absolute atomic E-state index is 11.3. The smallest absolute Gasteiger partial charge is 0.0998 e. The molecule has 0 saturated heterocycles. The van der Waals surface area contributed by atoms with E-state index in [1.165, 1.54) is 54.6 Å². The van der Waals surface area contributed by atoms with Gasteiger partial charge in [0.1, 0.15) is 0 Å². The minimum absolute atomic E-state index is 0.121. The van der Waals surface area contributed by atoms with Gasteiger partial charge in [-0.15, -0.1) is 0 Å². The zero-order chi connectivity index (χ0) is 56.6. The molecule has 3 aromatic heterocycles. The number of para-hydroxylation sites is 2. The van der Waals surface area contributed by atoms with Gasteiger partial charge >= 0.3 is 0 Å². The number of benzene rings is 9. The van der Waals surface area contributed by atoms with Gasteiger partial charge in [-0.3, -0.25) is 0 Å². The second kappa shape index (κ2) is 18.2. The summed E-state index contributed by atoms with van der Waals surface area (Å²) in [6.45, 7) is 32.3. The highest BCUT2D eigenvalue weighted by atomic mass is 15.1. The Morgan fingerprint density at radius 2 is 0.600 bits per heavy atom. The van der Waals surface area contributed by atoms with Crippen molar-refractivity contribution in [3.63, 3.8) is 0 Å². The Morgan fingerprint density at radius 3 is 0.912 bits per heavy atom. The van der Waals surface area contributed by atoms with E-state index in [1.54, 1.807) is 0 Å². The summed E-state index contributed by atoms with van der Waals surface area (Å²) < 4.78 is 7.63. The van der Waals surface area contributed by atoms with Crippen molar-refractivity contribution < 1.29 is 0 Å². The summed E-state index contributed by atoms with van der Waals surface area (Å²) in [6, 6.07) is 69.7. The molecular formula is C75H71N5. The van der Waals surface area contributed by atoms with Gasteiger partial charge in [0.2, 0.25) is 0 Å². The van der Waals surface area contributed by atoms with E-state index in [4.69, 9.17) is 0 Å². The molecule has 80 heavy (non-hydrogen) atoms. The summed E-state index contributed by atoms with van der Waals surface area (Å²) in [5, 5.41) is 29.7. The Hall–Kier alpha value is -8.64. The highest BCUT2D eigenvalue weighted by Gasteiger charge is 2.39. The van der Waals surface area contributed by atoms with Gasteiger partial charge in [-0.05, 0) is 137 Å². The zero-order valence-corrected chi connectivity index (χ0v) is 49.0. The largest absolute Gasteiger partial charge is 0.330 e. The molecule has 0 aliphatic rings. The van der Waals surface area contributed by atoms with Gasteiger partial charge < -0.3 is 13.7 Å². The third kappa shape index (κ3) is 8.16. The zero-order valence-electron chi connectivity index (χ0n) is 49.0. The molecular weight excluding hydrogens is 971 g/mol. The third-order valence-electron chi connectivity index (χ3n) is 17.1. The average molecular weight is 1040 g/mol. The molecule has 396 valence electrons. The van der Waals surface area contributed by atoms with Crippen LogP contribution in [0.25, 0.3) is 99.0 Å². The van der Waals surface area contributed by atoms with E-state index in [2.05, 4.69) is 274 Å². The first kappa shape index (κ1) is 52.1. The fraction of sp³-hybridized carbons (Fsp3) is 0.253. The number of nitriles is 2. The number of fused-ring (bicyclic) bond motifs is 9. The molecule has 5 heteroatoms. The molecule has 3 heterocycles. The quantitative estimate of drug-likeness (QED) is 0.167. The Kier molecular flexibility index (Phi) is 11.9. The first-order valence-electron chi connectivity index (χ1n) is 28.3. The molecule has 0 amide bonds. The van der Waals surface area contributed by atoms with Gasteiger partial charge in [0.05, 0.1) is 62.2 Å². The van der Waals surface area contributed by atoms with E-state index in [9.17, 15) is 10.5 Å². The first-order valence-corrected chi connectivity index (χ1v) is 28.3. The van der Waals surface area contributed by atoms with E-state index in [0.29, 0.717) is 11.1 Å². The molecule has 0 unspecified atom stereocenters. The number of nitrogens with zero attached hydrogens (tertiary/aromatic N) is 5. The Morgan fingerprint density at radius 1 is 0.300 bits per heavy atom. The van der Waals surface area contributed by atoms with Crippen LogP contribution < -0.4 is 0 Å². The normalized spacial score (nSPS) is 12.8. The molecule has 0 aliphatic carbocycles. The van der Waals surface area contributed by atoms with Crippen molar-refractivity contribution >= 4 is 65.4 Å².